The van der Waals surface area contributed by atoms with Crippen molar-refractivity contribution in [2.45, 2.75) is 51.6 Å². The summed E-state index contributed by atoms with van der Waals surface area (Å²) in [5.41, 5.74) is 3.05. The van der Waals surface area contributed by atoms with Crippen molar-refractivity contribution >= 4 is 40.3 Å². The van der Waals surface area contributed by atoms with E-state index in [2.05, 4.69) is 25.1 Å². The first-order valence-corrected chi connectivity index (χ1v) is 12.7. The van der Waals surface area contributed by atoms with Crippen molar-refractivity contribution in [2.75, 3.05) is 6.54 Å². The monoisotopic (exact) mass is 463 g/mol. The molecular weight excluding hydrogens is 434 g/mol. The van der Waals surface area contributed by atoms with Crippen molar-refractivity contribution in [1.29, 1.82) is 0 Å². The van der Waals surface area contributed by atoms with Crippen LogP contribution in [0.1, 0.15) is 62.7 Å². The topological polar surface area (TPSA) is 29.5 Å². The van der Waals surface area contributed by atoms with Crippen LogP contribution in [0.5, 0.6) is 5.75 Å². The summed E-state index contributed by atoms with van der Waals surface area (Å²) in [6.07, 6.45) is 11.0. The third-order valence-electron chi connectivity index (χ3n) is 5.80. The maximum atomic E-state index is 13.1. The molecule has 32 heavy (non-hydrogen) atoms. The molecule has 0 N–H and O–H groups in total. The highest BCUT2D eigenvalue weighted by Gasteiger charge is 2.33. The van der Waals surface area contributed by atoms with E-state index < -0.39 is 0 Å². The summed E-state index contributed by atoms with van der Waals surface area (Å²) >= 11 is 6.94. The molecule has 2 aromatic rings. The van der Waals surface area contributed by atoms with Crippen molar-refractivity contribution in [1.82, 2.24) is 4.90 Å². The molecule has 0 aromatic heterocycles. The van der Waals surface area contributed by atoms with E-state index in [0.29, 0.717) is 15.8 Å². The van der Waals surface area contributed by atoms with Gasteiger partial charge in [0.15, 0.2) is 0 Å². The minimum atomic E-state index is -0.256. The van der Waals surface area contributed by atoms with Crippen molar-refractivity contribution in [3.05, 3.63) is 82.3 Å². The van der Waals surface area contributed by atoms with Gasteiger partial charge in [-0.3, -0.25) is 9.69 Å². The van der Waals surface area contributed by atoms with Crippen molar-refractivity contribution < 1.29 is 9.53 Å². The van der Waals surface area contributed by atoms with E-state index in [0.717, 1.165) is 35.3 Å². The number of para-hydroxylation sites is 1. The van der Waals surface area contributed by atoms with Gasteiger partial charge in [-0.25, -0.2) is 0 Å². The molecule has 1 amide bonds. The van der Waals surface area contributed by atoms with Crippen LogP contribution < -0.4 is 4.74 Å². The SMILES string of the molecule is CCCCCCCCN1C(=O)/C(=C/C2=Cc3ccccc3OC2c2ccccc2)SC1=S. The predicted octanol–water partition coefficient (Wildman–Crippen LogP) is 7.31. The molecule has 2 aromatic carbocycles. The standard InChI is InChI=1S/C27H29NO2S2/c1-2-3-4-5-6-12-17-28-26(29)24(32-27(28)31)19-22-18-21-15-10-11-16-23(21)30-25(22)20-13-8-7-9-14-20/h7-11,13-16,18-19,25H,2-6,12,17H2,1H3/b24-19-. The summed E-state index contributed by atoms with van der Waals surface area (Å²) in [7, 11) is 0. The second-order valence-corrected chi connectivity index (χ2v) is 9.87. The molecule has 0 spiro atoms. The minimum Gasteiger partial charge on any atom is -0.480 e. The second kappa shape index (κ2) is 11.0. The van der Waals surface area contributed by atoms with Crippen LogP contribution >= 0.6 is 24.0 Å². The molecular formula is C27H29NO2S2. The molecule has 4 rings (SSSR count). The predicted molar refractivity (Wildman–Crippen MR) is 138 cm³/mol. The second-order valence-electron chi connectivity index (χ2n) is 8.19. The van der Waals surface area contributed by atoms with Gasteiger partial charge in [-0.1, -0.05) is 112 Å². The molecule has 0 aliphatic carbocycles. The Bertz CT molecular complexity index is 1030. The number of thiocarbonyl (C=S) groups is 1. The zero-order chi connectivity index (χ0) is 22.3. The highest BCUT2D eigenvalue weighted by molar-refractivity contribution is 8.26. The van der Waals surface area contributed by atoms with Crippen LogP contribution in [-0.4, -0.2) is 21.7 Å². The Labute approximate surface area is 200 Å². The Morgan fingerprint density at radius 2 is 1.72 bits per heavy atom. The molecule has 0 bridgehead atoms. The molecule has 3 nitrogen and oxygen atoms in total. The summed E-state index contributed by atoms with van der Waals surface area (Å²) in [6.45, 7) is 2.93. The van der Waals surface area contributed by atoms with Crippen molar-refractivity contribution in [3.63, 3.8) is 0 Å². The van der Waals surface area contributed by atoms with Gasteiger partial charge in [0.25, 0.3) is 5.91 Å². The Morgan fingerprint density at radius 1 is 1.00 bits per heavy atom. The average molecular weight is 464 g/mol. The molecule has 1 atom stereocenters. The Kier molecular flexibility index (Phi) is 7.82. The van der Waals surface area contributed by atoms with Crippen molar-refractivity contribution in [3.8, 4) is 5.75 Å². The number of unbranched alkanes of at least 4 members (excludes halogenated alkanes) is 5. The van der Waals surface area contributed by atoms with E-state index in [4.69, 9.17) is 17.0 Å². The first-order chi connectivity index (χ1) is 15.7. The summed E-state index contributed by atoms with van der Waals surface area (Å²) in [5, 5.41) is 0. The van der Waals surface area contributed by atoms with Gasteiger partial charge >= 0.3 is 0 Å². The van der Waals surface area contributed by atoms with Gasteiger partial charge in [0.05, 0.1) is 4.91 Å². The average Bonchev–Trinajstić information content (AvgIpc) is 3.08. The van der Waals surface area contributed by atoms with E-state index in [-0.39, 0.29) is 12.0 Å². The third kappa shape index (κ3) is 5.33. The van der Waals surface area contributed by atoms with Crippen LogP contribution in [0.25, 0.3) is 6.08 Å². The number of nitrogens with zero attached hydrogens (tertiary/aromatic N) is 1. The number of carbonyl (C=O) groups excluding carboxylic acids is 1. The van der Waals surface area contributed by atoms with E-state index >= 15 is 0 Å². The number of ether oxygens (including phenoxy) is 1. The Balaban J connectivity index is 1.52. The lowest BCUT2D eigenvalue weighted by molar-refractivity contribution is -0.122. The zero-order valence-electron chi connectivity index (χ0n) is 18.5. The summed E-state index contributed by atoms with van der Waals surface area (Å²) in [5.74, 6) is 0.870. The molecule has 0 saturated carbocycles. The molecule has 0 radical (unpaired) electrons. The van der Waals surface area contributed by atoms with E-state index in [1.807, 2.05) is 48.5 Å². The van der Waals surface area contributed by atoms with Gasteiger partial charge in [0.2, 0.25) is 0 Å². The van der Waals surface area contributed by atoms with E-state index in [1.54, 1.807) is 4.90 Å². The number of amides is 1. The quantitative estimate of drug-likeness (QED) is 0.221. The van der Waals surface area contributed by atoms with Gasteiger partial charge in [-0.15, -0.1) is 0 Å². The van der Waals surface area contributed by atoms with Crippen LogP contribution in [0.3, 0.4) is 0 Å². The lowest BCUT2D eigenvalue weighted by Gasteiger charge is -2.26. The fourth-order valence-corrected chi connectivity index (χ4v) is 5.37. The van der Waals surface area contributed by atoms with Gasteiger partial charge in [-0.05, 0) is 35.8 Å². The number of thioether (sulfide) groups is 1. The largest absolute Gasteiger partial charge is 0.480 e. The summed E-state index contributed by atoms with van der Waals surface area (Å²) in [6, 6.07) is 18.1. The number of fused-ring (bicyclic) bond motifs is 1. The number of rotatable bonds is 9. The van der Waals surface area contributed by atoms with Crippen molar-refractivity contribution in [2.24, 2.45) is 0 Å². The van der Waals surface area contributed by atoms with Crippen LogP contribution in [0.15, 0.2) is 71.2 Å². The normalized spacial score (nSPS) is 19.2. The fraction of sp³-hybridized carbons (Fsp3) is 0.333. The maximum absolute atomic E-state index is 13.1. The smallest absolute Gasteiger partial charge is 0.266 e. The zero-order valence-corrected chi connectivity index (χ0v) is 20.1. The lowest BCUT2D eigenvalue weighted by Crippen LogP contribution is -2.29. The van der Waals surface area contributed by atoms with Gasteiger partial charge in [0.1, 0.15) is 16.2 Å². The molecule has 1 unspecified atom stereocenters. The maximum Gasteiger partial charge on any atom is 0.266 e. The molecule has 2 aliphatic rings. The molecule has 5 heteroatoms. The molecule has 1 saturated heterocycles. The number of hydrogen-bond acceptors (Lipinski definition) is 4. The van der Waals surface area contributed by atoms with Crippen LogP contribution in [0.4, 0.5) is 0 Å². The first kappa shape index (κ1) is 22.8. The number of hydrogen-bond donors (Lipinski definition) is 0. The lowest BCUT2D eigenvalue weighted by atomic mass is 9.95. The van der Waals surface area contributed by atoms with Gasteiger partial charge in [-0.2, -0.15) is 0 Å². The van der Waals surface area contributed by atoms with Crippen LogP contribution in [0.2, 0.25) is 0 Å². The van der Waals surface area contributed by atoms with Gasteiger partial charge < -0.3 is 4.74 Å². The Hall–Kier alpha value is -2.37. The highest BCUT2D eigenvalue weighted by atomic mass is 32.2. The highest BCUT2D eigenvalue weighted by Crippen LogP contribution is 2.40. The van der Waals surface area contributed by atoms with Crippen LogP contribution in [0, 0.1) is 0 Å². The Morgan fingerprint density at radius 3 is 2.53 bits per heavy atom. The fourth-order valence-electron chi connectivity index (χ4n) is 4.06. The van der Waals surface area contributed by atoms with Crippen LogP contribution in [-0.2, 0) is 4.79 Å². The number of benzene rings is 2. The molecule has 166 valence electrons. The van der Waals surface area contributed by atoms with Gasteiger partial charge in [0, 0.05) is 12.1 Å². The first-order valence-electron chi connectivity index (χ1n) is 11.4. The molecule has 1 fully saturated rings. The summed E-state index contributed by atoms with van der Waals surface area (Å²) in [4.78, 5) is 15.6. The number of carbonyl (C=O) groups is 1. The van der Waals surface area contributed by atoms with E-state index in [1.165, 1.54) is 37.4 Å². The molecule has 2 aliphatic heterocycles. The minimum absolute atomic E-state index is 0.0140. The van der Waals surface area contributed by atoms with E-state index in [9.17, 15) is 4.79 Å². The summed E-state index contributed by atoms with van der Waals surface area (Å²) < 4.78 is 7.02. The third-order valence-corrected chi connectivity index (χ3v) is 7.18. The molecule has 2 heterocycles.